The van der Waals surface area contributed by atoms with Gasteiger partial charge in [0.05, 0.1) is 18.9 Å². The van der Waals surface area contributed by atoms with Gasteiger partial charge in [-0.25, -0.2) is 0 Å². The molecule has 2 unspecified atom stereocenters. The van der Waals surface area contributed by atoms with Gasteiger partial charge in [0.15, 0.2) is 0 Å². The summed E-state index contributed by atoms with van der Waals surface area (Å²) in [6, 6.07) is 4.71. The van der Waals surface area contributed by atoms with Crippen LogP contribution in [0, 0.1) is 5.92 Å². The van der Waals surface area contributed by atoms with Crippen molar-refractivity contribution in [3.05, 3.63) is 24.2 Å². The van der Waals surface area contributed by atoms with Crippen LogP contribution in [0.1, 0.15) is 45.3 Å². The minimum Gasteiger partial charge on any atom is -0.468 e. The fraction of sp³-hybridized carbons (Fsp3) is 0.765. The Morgan fingerprint density at radius 3 is 2.81 bits per heavy atom. The first-order chi connectivity index (χ1) is 10.1. The van der Waals surface area contributed by atoms with Crippen molar-refractivity contribution in [3.63, 3.8) is 0 Å². The molecule has 2 fully saturated rings. The van der Waals surface area contributed by atoms with E-state index in [0.29, 0.717) is 24.6 Å². The van der Waals surface area contributed by atoms with Gasteiger partial charge in [0.1, 0.15) is 5.76 Å². The molecule has 2 atom stereocenters. The van der Waals surface area contributed by atoms with Gasteiger partial charge in [0.25, 0.3) is 0 Å². The van der Waals surface area contributed by atoms with Gasteiger partial charge in [-0.05, 0) is 43.7 Å². The fourth-order valence-corrected chi connectivity index (χ4v) is 3.57. The van der Waals surface area contributed by atoms with Crippen molar-refractivity contribution in [3.8, 4) is 0 Å². The standard InChI is InChI=1S/C17H28N2O2/c1-13(2)16-10-17(12-18,7-9-21-16)19(14-5-6-14)11-15-4-3-8-20-15/h3-4,8,13-14,16H,5-7,9-12,18H2,1-2H3. The molecule has 4 nitrogen and oxygen atoms in total. The van der Waals surface area contributed by atoms with E-state index in [1.54, 1.807) is 6.26 Å². The van der Waals surface area contributed by atoms with Gasteiger partial charge in [-0.1, -0.05) is 13.8 Å². The average Bonchev–Trinajstić information content (AvgIpc) is 3.21. The first kappa shape index (κ1) is 15.1. The maximum Gasteiger partial charge on any atom is 0.117 e. The van der Waals surface area contributed by atoms with E-state index in [2.05, 4.69) is 24.8 Å². The summed E-state index contributed by atoms with van der Waals surface area (Å²) in [6.07, 6.45) is 6.73. The largest absolute Gasteiger partial charge is 0.468 e. The van der Waals surface area contributed by atoms with Crippen molar-refractivity contribution in [2.45, 2.75) is 63.8 Å². The highest BCUT2D eigenvalue weighted by Crippen LogP contribution is 2.41. The molecule has 0 spiro atoms. The summed E-state index contributed by atoms with van der Waals surface area (Å²) >= 11 is 0. The molecule has 0 bridgehead atoms. The van der Waals surface area contributed by atoms with Crippen LogP contribution in [0.25, 0.3) is 0 Å². The molecule has 1 aromatic rings. The Morgan fingerprint density at radius 2 is 2.24 bits per heavy atom. The van der Waals surface area contributed by atoms with Crippen LogP contribution in [-0.4, -0.2) is 35.7 Å². The molecule has 1 saturated heterocycles. The van der Waals surface area contributed by atoms with Gasteiger partial charge in [-0.15, -0.1) is 0 Å². The van der Waals surface area contributed by atoms with Crippen molar-refractivity contribution in [1.29, 1.82) is 0 Å². The lowest BCUT2D eigenvalue weighted by atomic mass is 9.81. The maximum atomic E-state index is 6.27. The summed E-state index contributed by atoms with van der Waals surface area (Å²) in [6.45, 7) is 6.88. The smallest absolute Gasteiger partial charge is 0.117 e. The molecule has 1 aliphatic heterocycles. The summed E-state index contributed by atoms with van der Waals surface area (Å²) in [5.41, 5.74) is 6.34. The third-order valence-corrected chi connectivity index (χ3v) is 5.11. The van der Waals surface area contributed by atoms with Crippen molar-refractivity contribution >= 4 is 0 Å². The minimum atomic E-state index is 0.0706. The lowest BCUT2D eigenvalue weighted by Gasteiger charge is -2.49. The molecule has 21 heavy (non-hydrogen) atoms. The predicted octanol–water partition coefficient (Wildman–Crippen LogP) is 2.78. The first-order valence-electron chi connectivity index (χ1n) is 8.25. The number of hydrogen-bond acceptors (Lipinski definition) is 4. The summed E-state index contributed by atoms with van der Waals surface area (Å²) in [7, 11) is 0. The second kappa shape index (κ2) is 6.11. The van der Waals surface area contributed by atoms with Crippen LogP contribution in [-0.2, 0) is 11.3 Å². The Bertz CT molecular complexity index is 442. The second-order valence-corrected chi connectivity index (χ2v) is 6.97. The van der Waals surface area contributed by atoms with Gasteiger partial charge in [-0.2, -0.15) is 0 Å². The zero-order chi connectivity index (χ0) is 14.9. The SMILES string of the molecule is CC(C)C1CC(CN)(N(Cc2ccco2)C2CC2)CCO1. The summed E-state index contributed by atoms with van der Waals surface area (Å²) < 4.78 is 11.6. The highest BCUT2D eigenvalue weighted by molar-refractivity contribution is 5.06. The third kappa shape index (κ3) is 3.17. The molecule has 2 heterocycles. The van der Waals surface area contributed by atoms with E-state index in [4.69, 9.17) is 14.9 Å². The quantitative estimate of drug-likeness (QED) is 0.876. The number of nitrogens with two attached hydrogens (primary N) is 1. The predicted molar refractivity (Wildman–Crippen MR) is 82.9 cm³/mol. The summed E-state index contributed by atoms with van der Waals surface area (Å²) in [4.78, 5) is 2.61. The van der Waals surface area contributed by atoms with Crippen molar-refractivity contribution < 1.29 is 9.15 Å². The van der Waals surface area contributed by atoms with E-state index in [1.807, 2.05) is 6.07 Å². The highest BCUT2D eigenvalue weighted by atomic mass is 16.5. The van der Waals surface area contributed by atoms with Crippen LogP contribution in [0.15, 0.2) is 22.8 Å². The number of furan rings is 1. The molecule has 118 valence electrons. The maximum absolute atomic E-state index is 6.27. The molecular weight excluding hydrogens is 264 g/mol. The van der Waals surface area contributed by atoms with Crippen LogP contribution in [0.5, 0.6) is 0 Å². The van der Waals surface area contributed by atoms with Crippen LogP contribution in [0.2, 0.25) is 0 Å². The van der Waals surface area contributed by atoms with Crippen LogP contribution in [0.4, 0.5) is 0 Å². The Kier molecular flexibility index (Phi) is 4.38. The van der Waals surface area contributed by atoms with E-state index in [1.165, 1.54) is 12.8 Å². The third-order valence-electron chi connectivity index (χ3n) is 5.11. The van der Waals surface area contributed by atoms with E-state index < -0.39 is 0 Å². The lowest BCUT2D eigenvalue weighted by molar-refractivity contribution is -0.0938. The highest BCUT2D eigenvalue weighted by Gasteiger charge is 2.47. The Labute approximate surface area is 127 Å². The van der Waals surface area contributed by atoms with Crippen molar-refractivity contribution in [1.82, 2.24) is 4.90 Å². The van der Waals surface area contributed by atoms with Gasteiger partial charge in [0, 0.05) is 24.7 Å². The molecule has 0 aromatic carbocycles. The van der Waals surface area contributed by atoms with E-state index in [-0.39, 0.29) is 5.54 Å². The molecule has 0 radical (unpaired) electrons. The molecule has 2 N–H and O–H groups in total. The summed E-state index contributed by atoms with van der Waals surface area (Å²) in [5.74, 6) is 1.59. The summed E-state index contributed by atoms with van der Waals surface area (Å²) in [5, 5.41) is 0. The van der Waals surface area contributed by atoms with E-state index in [9.17, 15) is 0 Å². The van der Waals surface area contributed by atoms with Crippen molar-refractivity contribution in [2.24, 2.45) is 11.7 Å². The van der Waals surface area contributed by atoms with Gasteiger partial charge >= 0.3 is 0 Å². The first-order valence-corrected chi connectivity index (χ1v) is 8.25. The van der Waals surface area contributed by atoms with Gasteiger partial charge in [0.2, 0.25) is 0 Å². The topological polar surface area (TPSA) is 51.6 Å². The number of ether oxygens (including phenoxy) is 1. The molecule has 0 amide bonds. The molecular formula is C17H28N2O2. The monoisotopic (exact) mass is 292 g/mol. The second-order valence-electron chi connectivity index (χ2n) is 6.97. The zero-order valence-corrected chi connectivity index (χ0v) is 13.3. The molecule has 1 aromatic heterocycles. The van der Waals surface area contributed by atoms with Gasteiger partial charge in [-0.3, -0.25) is 4.90 Å². The average molecular weight is 292 g/mol. The molecule has 1 aliphatic carbocycles. The Morgan fingerprint density at radius 1 is 1.43 bits per heavy atom. The zero-order valence-electron chi connectivity index (χ0n) is 13.3. The van der Waals surface area contributed by atoms with Crippen LogP contribution in [0.3, 0.4) is 0 Å². The molecule has 2 aliphatic rings. The number of nitrogens with zero attached hydrogens (tertiary/aromatic N) is 1. The lowest BCUT2D eigenvalue weighted by Crippen LogP contribution is -2.59. The van der Waals surface area contributed by atoms with E-state index in [0.717, 1.165) is 31.8 Å². The van der Waals surface area contributed by atoms with Crippen LogP contribution < -0.4 is 5.73 Å². The normalized spacial score (nSPS) is 30.2. The fourth-order valence-electron chi connectivity index (χ4n) is 3.57. The molecule has 4 heteroatoms. The van der Waals surface area contributed by atoms with Crippen molar-refractivity contribution in [2.75, 3.05) is 13.2 Å². The Hall–Kier alpha value is -0.840. The molecule has 3 rings (SSSR count). The number of rotatable bonds is 6. The van der Waals surface area contributed by atoms with E-state index >= 15 is 0 Å². The molecule has 1 saturated carbocycles. The van der Waals surface area contributed by atoms with Crippen LogP contribution >= 0.6 is 0 Å². The number of hydrogen-bond donors (Lipinski definition) is 1. The minimum absolute atomic E-state index is 0.0706. The Balaban J connectivity index is 1.80. The van der Waals surface area contributed by atoms with Gasteiger partial charge < -0.3 is 14.9 Å².